The molecule has 0 N–H and O–H groups in total. The quantitative estimate of drug-likeness (QED) is 0.539. The van der Waals surface area contributed by atoms with E-state index in [1.807, 2.05) is 0 Å². The normalized spacial score (nSPS) is 14.9. The van der Waals surface area contributed by atoms with Gasteiger partial charge in [-0.15, -0.1) is 0 Å². The Balaban J connectivity index is 2.03. The number of ketones is 1. The molecule has 0 bridgehead atoms. The zero-order valence-electron chi connectivity index (χ0n) is 17.6. The summed E-state index contributed by atoms with van der Waals surface area (Å²) in [5.74, 6) is 0.217. The van der Waals surface area contributed by atoms with E-state index in [0.29, 0.717) is 6.42 Å². The van der Waals surface area contributed by atoms with Crippen LogP contribution in [0, 0.1) is 19.3 Å². The number of aryl methyl sites for hydroxylation is 2. The fourth-order valence-electron chi connectivity index (χ4n) is 4.52. The molecule has 0 unspecified atom stereocenters. The van der Waals surface area contributed by atoms with Crippen molar-refractivity contribution in [1.82, 2.24) is 4.57 Å². The smallest absolute Gasteiger partial charge is 0.135 e. The van der Waals surface area contributed by atoms with Crippen LogP contribution in [-0.2, 0) is 24.2 Å². The molecule has 0 atom stereocenters. The van der Waals surface area contributed by atoms with E-state index in [1.54, 1.807) is 6.92 Å². The third-order valence-electron chi connectivity index (χ3n) is 5.81. The Morgan fingerprint density at radius 3 is 1.89 bits per heavy atom. The molecule has 2 aromatic carbocycles. The predicted octanol–water partition coefficient (Wildman–Crippen LogP) is 6.15. The van der Waals surface area contributed by atoms with Gasteiger partial charge in [-0.3, -0.25) is 4.79 Å². The second-order valence-corrected chi connectivity index (χ2v) is 9.18. The Hall–Kier alpha value is -2.61. The molecule has 4 rings (SSSR count). The number of Topliss-reactive ketones (excluding diaryl/α,β-unsaturated/α-hetero) is 1. The lowest BCUT2D eigenvalue weighted by Crippen LogP contribution is -2.15. The second kappa shape index (κ2) is 6.77. The molecule has 0 saturated carbocycles. The summed E-state index contributed by atoms with van der Waals surface area (Å²) in [5.41, 5.74) is 10.3. The van der Waals surface area contributed by atoms with Gasteiger partial charge in [0.2, 0.25) is 0 Å². The number of carbonyl (C=O) groups excluding carboxylic acids is 1. The van der Waals surface area contributed by atoms with Gasteiger partial charge in [0, 0.05) is 35.5 Å². The largest absolute Gasteiger partial charge is 0.346 e. The summed E-state index contributed by atoms with van der Waals surface area (Å²) in [6.45, 7) is 11.5. The minimum Gasteiger partial charge on any atom is -0.346 e. The van der Waals surface area contributed by atoms with Crippen LogP contribution in [0.3, 0.4) is 0 Å². The summed E-state index contributed by atoms with van der Waals surface area (Å²) in [6.07, 6.45) is 1.52. The zero-order valence-corrected chi connectivity index (χ0v) is 17.6. The van der Waals surface area contributed by atoms with Gasteiger partial charge in [-0.2, -0.15) is 0 Å². The molecule has 2 heterocycles. The van der Waals surface area contributed by atoms with Crippen molar-refractivity contribution in [3.05, 3.63) is 71.0 Å². The van der Waals surface area contributed by atoms with E-state index in [2.05, 4.69) is 80.8 Å². The fourth-order valence-corrected chi connectivity index (χ4v) is 4.52. The summed E-state index contributed by atoms with van der Waals surface area (Å²) in [5, 5.41) is 0. The maximum absolute atomic E-state index is 12.2. The number of rotatable bonds is 4. The van der Waals surface area contributed by atoms with E-state index >= 15 is 0 Å². The molecular weight excluding hydrogens is 342 g/mol. The first-order valence-electron chi connectivity index (χ1n) is 10.1. The third kappa shape index (κ3) is 3.32. The molecule has 28 heavy (non-hydrogen) atoms. The number of benzene rings is 2. The lowest BCUT2D eigenvalue weighted by atomic mass is 9.86. The number of hydrogen-bond donors (Lipinski definition) is 0. The Morgan fingerprint density at radius 2 is 1.39 bits per heavy atom. The Labute approximate surface area is 168 Å². The molecule has 0 saturated heterocycles. The fraction of sp³-hybridized carbons (Fsp3) is 0.346. The predicted molar refractivity (Wildman–Crippen MR) is 117 cm³/mol. The number of hydrogen-bond acceptors (Lipinski definition) is 1. The molecule has 0 amide bonds. The molecule has 1 aromatic heterocycles. The van der Waals surface area contributed by atoms with Crippen LogP contribution in [0.15, 0.2) is 48.5 Å². The highest BCUT2D eigenvalue weighted by Gasteiger charge is 2.36. The van der Waals surface area contributed by atoms with Crippen molar-refractivity contribution in [2.24, 2.45) is 5.41 Å². The number of carbonyl (C=O) groups is 1. The van der Waals surface area contributed by atoms with E-state index < -0.39 is 0 Å². The van der Waals surface area contributed by atoms with Gasteiger partial charge in [-0.25, -0.2) is 0 Å². The lowest BCUT2D eigenvalue weighted by molar-refractivity contribution is -0.116. The van der Waals surface area contributed by atoms with E-state index in [1.165, 1.54) is 44.8 Å². The molecule has 1 aliphatic rings. The van der Waals surface area contributed by atoms with Crippen molar-refractivity contribution in [2.75, 3.05) is 0 Å². The molecule has 144 valence electrons. The molecule has 2 nitrogen and oxygen atoms in total. The van der Waals surface area contributed by atoms with E-state index in [0.717, 1.165) is 13.0 Å². The second-order valence-electron chi connectivity index (χ2n) is 9.18. The van der Waals surface area contributed by atoms with Gasteiger partial charge in [0.05, 0.1) is 0 Å². The summed E-state index contributed by atoms with van der Waals surface area (Å²) in [4.78, 5) is 12.2. The standard InChI is InChI=1S/C26H29NO/c1-17-6-10-20(11-7-17)24-22(14-19(3)28)27-16-26(4,5)15-23(27)25(24)21-12-8-18(2)9-13-21/h6-13H,14-16H2,1-5H3. The molecule has 0 spiro atoms. The monoisotopic (exact) mass is 371 g/mol. The first kappa shape index (κ1) is 18.7. The zero-order chi connectivity index (χ0) is 20.1. The molecule has 0 aliphatic carbocycles. The summed E-state index contributed by atoms with van der Waals surface area (Å²) >= 11 is 0. The lowest BCUT2D eigenvalue weighted by Gasteiger charge is -2.19. The average Bonchev–Trinajstić information content (AvgIpc) is 3.07. The SMILES string of the molecule is CC(=O)Cc1c(-c2ccc(C)cc2)c(-c2ccc(C)cc2)c2n1CC(C)(C)C2. The number of fused-ring (bicyclic) bond motifs is 1. The first-order valence-corrected chi connectivity index (χ1v) is 10.1. The summed E-state index contributed by atoms with van der Waals surface area (Å²) in [6, 6.07) is 17.6. The topological polar surface area (TPSA) is 22.0 Å². The van der Waals surface area contributed by atoms with Gasteiger partial charge >= 0.3 is 0 Å². The molecule has 0 radical (unpaired) electrons. The van der Waals surface area contributed by atoms with Crippen LogP contribution in [0.5, 0.6) is 0 Å². The highest BCUT2D eigenvalue weighted by atomic mass is 16.1. The molecule has 3 aromatic rings. The van der Waals surface area contributed by atoms with Crippen LogP contribution in [0.1, 0.15) is 43.3 Å². The maximum Gasteiger partial charge on any atom is 0.135 e. The third-order valence-corrected chi connectivity index (χ3v) is 5.81. The highest BCUT2D eigenvalue weighted by Crippen LogP contribution is 2.47. The van der Waals surface area contributed by atoms with Gasteiger partial charge in [-0.05, 0) is 43.7 Å². The van der Waals surface area contributed by atoms with E-state index in [4.69, 9.17) is 0 Å². The van der Waals surface area contributed by atoms with Crippen LogP contribution < -0.4 is 0 Å². The van der Waals surface area contributed by atoms with Gasteiger partial charge < -0.3 is 4.57 Å². The van der Waals surface area contributed by atoms with E-state index in [-0.39, 0.29) is 11.2 Å². The molecule has 1 aliphatic heterocycles. The minimum atomic E-state index is 0.214. The van der Waals surface area contributed by atoms with Gasteiger partial charge in [0.1, 0.15) is 5.78 Å². The van der Waals surface area contributed by atoms with Crippen molar-refractivity contribution in [2.45, 2.75) is 54.0 Å². The van der Waals surface area contributed by atoms with Gasteiger partial charge in [-0.1, -0.05) is 73.5 Å². The van der Waals surface area contributed by atoms with Crippen molar-refractivity contribution >= 4 is 5.78 Å². The highest BCUT2D eigenvalue weighted by molar-refractivity contribution is 5.91. The first-order chi connectivity index (χ1) is 13.2. The summed E-state index contributed by atoms with van der Waals surface area (Å²) < 4.78 is 2.44. The summed E-state index contributed by atoms with van der Waals surface area (Å²) in [7, 11) is 0. The Morgan fingerprint density at radius 1 is 0.893 bits per heavy atom. The maximum atomic E-state index is 12.2. The van der Waals surface area contributed by atoms with Crippen molar-refractivity contribution in [3.8, 4) is 22.3 Å². The average molecular weight is 372 g/mol. The van der Waals surface area contributed by atoms with Crippen LogP contribution >= 0.6 is 0 Å². The molecule has 2 heteroatoms. The minimum absolute atomic E-state index is 0.214. The number of aromatic nitrogens is 1. The number of nitrogens with zero attached hydrogens (tertiary/aromatic N) is 1. The van der Waals surface area contributed by atoms with Crippen LogP contribution in [0.4, 0.5) is 0 Å². The van der Waals surface area contributed by atoms with Gasteiger partial charge in [0.25, 0.3) is 0 Å². The van der Waals surface area contributed by atoms with Crippen molar-refractivity contribution in [3.63, 3.8) is 0 Å². The van der Waals surface area contributed by atoms with Crippen LogP contribution in [0.2, 0.25) is 0 Å². The molecule has 0 fully saturated rings. The van der Waals surface area contributed by atoms with Gasteiger partial charge in [0.15, 0.2) is 0 Å². The molecular formula is C26H29NO. The Bertz CT molecular complexity index is 1030. The van der Waals surface area contributed by atoms with Crippen LogP contribution in [0.25, 0.3) is 22.3 Å². The van der Waals surface area contributed by atoms with Crippen LogP contribution in [-0.4, -0.2) is 10.4 Å². The Kier molecular flexibility index (Phi) is 4.53. The van der Waals surface area contributed by atoms with Crippen molar-refractivity contribution in [1.29, 1.82) is 0 Å². The van der Waals surface area contributed by atoms with E-state index in [9.17, 15) is 4.79 Å². The van der Waals surface area contributed by atoms with Crippen molar-refractivity contribution < 1.29 is 4.79 Å².